The quantitative estimate of drug-likeness (QED) is 0.230. The van der Waals surface area contributed by atoms with E-state index in [1.807, 2.05) is 24.3 Å². The molecule has 6 aromatic carbocycles. The average Bonchev–Trinajstić information content (AvgIpc) is 3.65. The summed E-state index contributed by atoms with van der Waals surface area (Å²) in [7, 11) is 0. The summed E-state index contributed by atoms with van der Waals surface area (Å²) >= 11 is 0. The zero-order valence-electron chi connectivity index (χ0n) is 21.9. The van der Waals surface area contributed by atoms with Gasteiger partial charge in [0.1, 0.15) is 22.3 Å². The Morgan fingerprint density at radius 1 is 0.450 bits per heavy atom. The van der Waals surface area contributed by atoms with E-state index in [1.54, 1.807) is 0 Å². The van der Waals surface area contributed by atoms with Gasteiger partial charge in [0.2, 0.25) is 0 Å². The number of hydrogen-bond donors (Lipinski definition) is 0. The Kier molecular flexibility index (Phi) is 4.22. The first-order valence-corrected chi connectivity index (χ1v) is 13.8. The summed E-state index contributed by atoms with van der Waals surface area (Å²) in [4.78, 5) is 0. The Morgan fingerprint density at radius 2 is 0.975 bits per heavy atom. The zero-order valence-corrected chi connectivity index (χ0v) is 21.9. The highest BCUT2D eigenvalue weighted by Gasteiger charge is 2.46. The van der Waals surface area contributed by atoms with Crippen LogP contribution in [0.25, 0.3) is 55.0 Å². The average molecular weight is 513 g/mol. The SMILES string of the molecule is Cc1cccc2c1-c1ccccc1C2(c1ccc2oc3ccccc3c2c1)c1ccc2oc3ccccc3c2c1. The third kappa shape index (κ3) is 2.68. The summed E-state index contributed by atoms with van der Waals surface area (Å²) in [6.45, 7) is 2.23. The molecule has 2 aromatic heterocycles. The van der Waals surface area contributed by atoms with Crippen LogP contribution in [0.2, 0.25) is 0 Å². The molecule has 8 aromatic rings. The van der Waals surface area contributed by atoms with E-state index in [4.69, 9.17) is 8.83 Å². The van der Waals surface area contributed by atoms with Gasteiger partial charge in [0.15, 0.2) is 0 Å². The second kappa shape index (κ2) is 7.74. The van der Waals surface area contributed by atoms with Gasteiger partial charge >= 0.3 is 0 Å². The van der Waals surface area contributed by atoms with Crippen LogP contribution >= 0.6 is 0 Å². The molecule has 0 atom stereocenters. The third-order valence-corrected chi connectivity index (χ3v) is 8.90. The number of aryl methyl sites for hydroxylation is 1. The normalized spacial score (nSPS) is 13.8. The Bertz CT molecular complexity index is 2180. The van der Waals surface area contributed by atoms with Gasteiger partial charge < -0.3 is 8.83 Å². The van der Waals surface area contributed by atoms with Gasteiger partial charge in [-0.2, -0.15) is 0 Å². The fourth-order valence-electron chi connectivity index (χ4n) is 7.22. The van der Waals surface area contributed by atoms with Gasteiger partial charge in [0.05, 0.1) is 5.41 Å². The van der Waals surface area contributed by atoms with Crippen molar-refractivity contribution in [2.75, 3.05) is 0 Å². The molecule has 2 nitrogen and oxygen atoms in total. The molecular weight excluding hydrogens is 488 g/mol. The highest BCUT2D eigenvalue weighted by Crippen LogP contribution is 2.57. The number of fused-ring (bicyclic) bond motifs is 9. The van der Waals surface area contributed by atoms with Crippen molar-refractivity contribution in [1.82, 2.24) is 0 Å². The van der Waals surface area contributed by atoms with Gasteiger partial charge in [-0.3, -0.25) is 0 Å². The molecule has 0 fully saturated rings. The lowest BCUT2D eigenvalue weighted by Gasteiger charge is -2.34. The van der Waals surface area contributed by atoms with Crippen LogP contribution in [0, 0.1) is 6.92 Å². The Hall–Kier alpha value is -5.08. The van der Waals surface area contributed by atoms with Crippen LogP contribution in [0.3, 0.4) is 0 Å². The van der Waals surface area contributed by atoms with Crippen molar-refractivity contribution in [2.45, 2.75) is 12.3 Å². The third-order valence-electron chi connectivity index (χ3n) is 8.90. The fourth-order valence-corrected chi connectivity index (χ4v) is 7.22. The second-order valence-corrected chi connectivity index (χ2v) is 10.9. The van der Waals surface area contributed by atoms with E-state index in [0.29, 0.717) is 0 Å². The highest BCUT2D eigenvalue weighted by molar-refractivity contribution is 6.07. The summed E-state index contributed by atoms with van der Waals surface area (Å²) in [6, 6.07) is 45.8. The van der Waals surface area contributed by atoms with E-state index < -0.39 is 5.41 Å². The summed E-state index contributed by atoms with van der Waals surface area (Å²) in [5.41, 5.74) is 12.1. The van der Waals surface area contributed by atoms with Crippen LogP contribution in [0.4, 0.5) is 0 Å². The van der Waals surface area contributed by atoms with Crippen LogP contribution in [-0.2, 0) is 5.41 Å². The van der Waals surface area contributed by atoms with Gasteiger partial charge in [-0.15, -0.1) is 0 Å². The van der Waals surface area contributed by atoms with E-state index in [2.05, 4.69) is 110 Å². The predicted octanol–water partition coefficient (Wildman–Crippen LogP) is 10.2. The molecule has 9 rings (SSSR count). The van der Waals surface area contributed by atoms with Crippen LogP contribution in [0.15, 0.2) is 136 Å². The number of rotatable bonds is 2. The molecule has 0 spiro atoms. The molecule has 1 aliphatic carbocycles. The lowest BCUT2D eigenvalue weighted by molar-refractivity contribution is 0.667. The number of para-hydroxylation sites is 2. The van der Waals surface area contributed by atoms with Crippen molar-refractivity contribution in [3.8, 4) is 11.1 Å². The van der Waals surface area contributed by atoms with Crippen molar-refractivity contribution in [1.29, 1.82) is 0 Å². The first-order valence-electron chi connectivity index (χ1n) is 13.8. The molecule has 0 amide bonds. The van der Waals surface area contributed by atoms with Crippen LogP contribution < -0.4 is 0 Å². The summed E-state index contributed by atoms with van der Waals surface area (Å²) < 4.78 is 12.5. The molecule has 2 heteroatoms. The van der Waals surface area contributed by atoms with Gasteiger partial charge in [0.25, 0.3) is 0 Å². The zero-order chi connectivity index (χ0) is 26.4. The summed E-state index contributed by atoms with van der Waals surface area (Å²) in [5.74, 6) is 0. The maximum atomic E-state index is 6.25. The number of furan rings is 2. The van der Waals surface area contributed by atoms with E-state index in [9.17, 15) is 0 Å². The minimum absolute atomic E-state index is 0.503. The van der Waals surface area contributed by atoms with Crippen molar-refractivity contribution in [3.05, 3.63) is 155 Å². The van der Waals surface area contributed by atoms with Crippen LogP contribution in [0.1, 0.15) is 27.8 Å². The molecule has 40 heavy (non-hydrogen) atoms. The fraction of sp³-hybridized carbons (Fsp3) is 0.0526. The molecule has 0 saturated heterocycles. The smallest absolute Gasteiger partial charge is 0.135 e. The van der Waals surface area contributed by atoms with Gasteiger partial charge in [-0.25, -0.2) is 0 Å². The molecule has 0 aliphatic heterocycles. The summed E-state index contributed by atoms with van der Waals surface area (Å²) in [6.07, 6.45) is 0. The van der Waals surface area contributed by atoms with Crippen molar-refractivity contribution < 1.29 is 8.83 Å². The molecule has 2 heterocycles. The highest BCUT2D eigenvalue weighted by atomic mass is 16.3. The van der Waals surface area contributed by atoms with E-state index in [0.717, 1.165) is 43.9 Å². The van der Waals surface area contributed by atoms with E-state index >= 15 is 0 Å². The van der Waals surface area contributed by atoms with Gasteiger partial charge in [0, 0.05) is 21.5 Å². The molecule has 0 saturated carbocycles. The first-order chi connectivity index (χ1) is 19.7. The minimum Gasteiger partial charge on any atom is -0.456 e. The molecule has 188 valence electrons. The number of benzene rings is 6. The maximum absolute atomic E-state index is 6.25. The second-order valence-electron chi connectivity index (χ2n) is 10.9. The monoisotopic (exact) mass is 512 g/mol. The topological polar surface area (TPSA) is 26.3 Å². The van der Waals surface area contributed by atoms with Crippen LogP contribution in [-0.4, -0.2) is 0 Å². The Balaban J connectivity index is 1.46. The van der Waals surface area contributed by atoms with E-state index in [-0.39, 0.29) is 0 Å². The molecule has 0 N–H and O–H groups in total. The van der Waals surface area contributed by atoms with Gasteiger partial charge in [-0.05, 0) is 82.3 Å². The first kappa shape index (κ1) is 21.8. The molecular formula is C38H24O2. The molecule has 0 bridgehead atoms. The maximum Gasteiger partial charge on any atom is 0.135 e. The standard InChI is InChI=1S/C38H24O2/c1-23-9-8-14-32-37(23)28-12-2-5-13-31(28)38(32,24-17-19-35-29(21-24)26-10-3-6-15-33(26)39-35)25-18-20-36-30(22-25)27-11-4-7-16-34(27)40-36/h2-22H,1H3. The summed E-state index contributed by atoms with van der Waals surface area (Å²) in [5, 5.41) is 4.56. The van der Waals surface area contributed by atoms with E-state index in [1.165, 1.54) is 38.9 Å². The Morgan fingerprint density at radius 3 is 1.62 bits per heavy atom. The molecule has 1 aliphatic rings. The largest absolute Gasteiger partial charge is 0.456 e. The lowest BCUT2D eigenvalue weighted by atomic mass is 9.67. The number of hydrogen-bond acceptors (Lipinski definition) is 2. The molecule has 0 unspecified atom stereocenters. The lowest BCUT2D eigenvalue weighted by Crippen LogP contribution is -2.28. The van der Waals surface area contributed by atoms with Crippen molar-refractivity contribution >= 4 is 43.9 Å². The minimum atomic E-state index is -0.503. The Labute approximate surface area is 231 Å². The van der Waals surface area contributed by atoms with Crippen molar-refractivity contribution in [2.24, 2.45) is 0 Å². The van der Waals surface area contributed by atoms with Crippen molar-refractivity contribution in [3.63, 3.8) is 0 Å². The van der Waals surface area contributed by atoms with Crippen LogP contribution in [0.5, 0.6) is 0 Å². The predicted molar refractivity (Wildman–Crippen MR) is 163 cm³/mol. The van der Waals surface area contributed by atoms with Gasteiger partial charge in [-0.1, -0.05) is 91.0 Å². The molecule has 0 radical (unpaired) electrons.